The van der Waals surface area contributed by atoms with Crippen LogP contribution in [0.1, 0.15) is 26.2 Å². The van der Waals surface area contributed by atoms with Crippen LogP contribution in [0.4, 0.5) is 0 Å². The van der Waals surface area contributed by atoms with Gasteiger partial charge in [-0.2, -0.15) is 0 Å². The Balaban J connectivity index is 1.83. The highest BCUT2D eigenvalue weighted by atomic mass is 16.5. The third kappa shape index (κ3) is 1.85. The first-order chi connectivity index (χ1) is 6.27. The molecule has 0 aromatic heterocycles. The van der Waals surface area contributed by atoms with E-state index in [4.69, 9.17) is 4.74 Å². The van der Waals surface area contributed by atoms with E-state index in [9.17, 15) is 4.79 Å². The topological polar surface area (TPSA) is 29.5 Å². The Morgan fingerprint density at radius 1 is 1.46 bits per heavy atom. The second-order valence-corrected chi connectivity index (χ2v) is 4.10. The number of ether oxygens (including phenoxy) is 1. The summed E-state index contributed by atoms with van der Waals surface area (Å²) in [5, 5.41) is 0. The van der Waals surface area contributed by atoms with E-state index in [2.05, 4.69) is 4.90 Å². The molecule has 0 radical (unpaired) electrons. The van der Waals surface area contributed by atoms with Gasteiger partial charge in [-0.3, -0.25) is 9.69 Å². The van der Waals surface area contributed by atoms with Crippen LogP contribution in [-0.2, 0) is 9.53 Å². The average molecular weight is 183 g/mol. The number of carbonyl (C=O) groups excluding carboxylic acids is 1. The van der Waals surface area contributed by atoms with Crippen molar-refractivity contribution in [2.24, 2.45) is 5.92 Å². The van der Waals surface area contributed by atoms with Crippen LogP contribution in [0.25, 0.3) is 0 Å². The summed E-state index contributed by atoms with van der Waals surface area (Å²) >= 11 is 0. The van der Waals surface area contributed by atoms with Gasteiger partial charge in [0.2, 0.25) is 0 Å². The molecule has 2 heterocycles. The molecule has 2 saturated heterocycles. The number of esters is 1. The molecule has 0 saturated carbocycles. The van der Waals surface area contributed by atoms with Gasteiger partial charge >= 0.3 is 5.97 Å². The fourth-order valence-corrected chi connectivity index (χ4v) is 2.61. The molecule has 2 aliphatic heterocycles. The number of carbonyl (C=O) groups is 1. The maximum Gasteiger partial charge on any atom is 0.302 e. The Kier molecular flexibility index (Phi) is 2.54. The summed E-state index contributed by atoms with van der Waals surface area (Å²) in [5.41, 5.74) is 0. The van der Waals surface area contributed by atoms with E-state index in [1.54, 1.807) is 0 Å². The molecule has 0 amide bonds. The summed E-state index contributed by atoms with van der Waals surface area (Å²) in [7, 11) is 0. The second kappa shape index (κ2) is 3.66. The molecule has 3 heteroatoms. The molecule has 0 unspecified atom stereocenters. The van der Waals surface area contributed by atoms with E-state index in [-0.39, 0.29) is 5.97 Å². The smallest absolute Gasteiger partial charge is 0.302 e. The Hall–Kier alpha value is -0.570. The Labute approximate surface area is 79.0 Å². The van der Waals surface area contributed by atoms with Gasteiger partial charge in [0.25, 0.3) is 0 Å². The molecule has 2 atom stereocenters. The molecule has 13 heavy (non-hydrogen) atoms. The van der Waals surface area contributed by atoms with Crippen LogP contribution < -0.4 is 0 Å². The monoisotopic (exact) mass is 183 g/mol. The molecule has 3 nitrogen and oxygen atoms in total. The molecule has 0 bridgehead atoms. The van der Waals surface area contributed by atoms with Crippen molar-refractivity contribution < 1.29 is 9.53 Å². The van der Waals surface area contributed by atoms with Crippen molar-refractivity contribution in [2.75, 3.05) is 19.7 Å². The van der Waals surface area contributed by atoms with Crippen LogP contribution in [0.2, 0.25) is 0 Å². The normalized spacial score (nSPS) is 33.3. The van der Waals surface area contributed by atoms with Crippen molar-refractivity contribution in [3.05, 3.63) is 0 Å². The Morgan fingerprint density at radius 3 is 3.08 bits per heavy atom. The molecule has 2 rings (SSSR count). The van der Waals surface area contributed by atoms with E-state index in [1.807, 2.05) is 0 Å². The minimum Gasteiger partial charge on any atom is -0.466 e. The average Bonchev–Trinajstić information content (AvgIpc) is 2.60. The summed E-state index contributed by atoms with van der Waals surface area (Å²) in [4.78, 5) is 13.2. The van der Waals surface area contributed by atoms with Crippen LogP contribution in [-0.4, -0.2) is 36.6 Å². The summed E-state index contributed by atoms with van der Waals surface area (Å²) in [6.45, 7) is 4.58. The number of rotatable bonds is 2. The lowest BCUT2D eigenvalue weighted by Gasteiger charge is -2.19. The van der Waals surface area contributed by atoms with Gasteiger partial charge in [-0.05, 0) is 32.4 Å². The van der Waals surface area contributed by atoms with Gasteiger partial charge in [0.15, 0.2) is 0 Å². The van der Waals surface area contributed by atoms with Crippen molar-refractivity contribution in [2.45, 2.75) is 32.2 Å². The maximum absolute atomic E-state index is 10.7. The first-order valence-electron chi connectivity index (χ1n) is 5.15. The second-order valence-electron chi connectivity index (χ2n) is 4.10. The standard InChI is InChI=1S/C10H17NO2/c1-8(12)13-7-9-4-6-11-5-2-3-10(9)11/h9-10H,2-7H2,1H3/t9-,10-/m0/s1. The molecule has 0 N–H and O–H groups in total. The quantitative estimate of drug-likeness (QED) is 0.599. The highest BCUT2D eigenvalue weighted by molar-refractivity contribution is 5.65. The van der Waals surface area contributed by atoms with Crippen LogP contribution in [0, 0.1) is 5.92 Å². The van der Waals surface area contributed by atoms with Crippen molar-refractivity contribution >= 4 is 5.97 Å². The molecule has 74 valence electrons. The first kappa shape index (κ1) is 9.00. The van der Waals surface area contributed by atoms with Gasteiger partial charge in [-0.25, -0.2) is 0 Å². The van der Waals surface area contributed by atoms with Crippen LogP contribution in [0.5, 0.6) is 0 Å². The number of hydrogen-bond donors (Lipinski definition) is 0. The summed E-state index contributed by atoms with van der Waals surface area (Å²) in [6, 6.07) is 0.708. The number of fused-ring (bicyclic) bond motifs is 1. The van der Waals surface area contributed by atoms with Crippen molar-refractivity contribution in [1.29, 1.82) is 0 Å². The van der Waals surface area contributed by atoms with E-state index in [1.165, 1.54) is 39.3 Å². The molecule has 2 aliphatic rings. The fraction of sp³-hybridized carbons (Fsp3) is 0.900. The van der Waals surface area contributed by atoms with Gasteiger partial charge in [-0.1, -0.05) is 0 Å². The lowest BCUT2D eigenvalue weighted by Crippen LogP contribution is -2.28. The SMILES string of the molecule is CC(=O)OC[C@@H]1CCN2CCC[C@@H]12. The Bertz CT molecular complexity index is 205. The zero-order valence-electron chi connectivity index (χ0n) is 8.16. The fourth-order valence-electron chi connectivity index (χ4n) is 2.61. The summed E-state index contributed by atoms with van der Waals surface area (Å²) < 4.78 is 5.07. The molecule has 2 fully saturated rings. The minimum absolute atomic E-state index is 0.142. The van der Waals surface area contributed by atoms with Crippen molar-refractivity contribution in [3.8, 4) is 0 Å². The zero-order valence-corrected chi connectivity index (χ0v) is 8.16. The van der Waals surface area contributed by atoms with E-state index in [0.717, 1.165) is 0 Å². The zero-order chi connectivity index (χ0) is 9.26. The number of hydrogen-bond acceptors (Lipinski definition) is 3. The first-order valence-corrected chi connectivity index (χ1v) is 5.15. The van der Waals surface area contributed by atoms with E-state index < -0.39 is 0 Å². The van der Waals surface area contributed by atoms with Crippen molar-refractivity contribution in [3.63, 3.8) is 0 Å². The molecule has 0 spiro atoms. The maximum atomic E-state index is 10.7. The van der Waals surface area contributed by atoms with E-state index in [0.29, 0.717) is 18.6 Å². The Morgan fingerprint density at radius 2 is 2.31 bits per heavy atom. The highest BCUT2D eigenvalue weighted by Crippen LogP contribution is 2.32. The lowest BCUT2D eigenvalue weighted by molar-refractivity contribution is -0.142. The molecular weight excluding hydrogens is 166 g/mol. The highest BCUT2D eigenvalue weighted by Gasteiger charge is 2.37. The predicted molar refractivity (Wildman–Crippen MR) is 49.3 cm³/mol. The molecular formula is C10H17NO2. The molecule has 0 aromatic rings. The van der Waals surface area contributed by atoms with Crippen LogP contribution in [0.15, 0.2) is 0 Å². The molecule has 0 aromatic carbocycles. The summed E-state index contributed by atoms with van der Waals surface area (Å²) in [6.07, 6.45) is 3.82. The minimum atomic E-state index is -0.142. The van der Waals surface area contributed by atoms with Crippen LogP contribution in [0.3, 0.4) is 0 Å². The van der Waals surface area contributed by atoms with Gasteiger partial charge in [0.05, 0.1) is 6.61 Å². The number of nitrogens with zero attached hydrogens (tertiary/aromatic N) is 1. The lowest BCUT2D eigenvalue weighted by atomic mass is 9.99. The van der Waals surface area contributed by atoms with Crippen LogP contribution >= 0.6 is 0 Å². The predicted octanol–water partition coefficient (Wildman–Crippen LogP) is 1.03. The van der Waals surface area contributed by atoms with Gasteiger partial charge < -0.3 is 4.74 Å². The summed E-state index contributed by atoms with van der Waals surface area (Å²) in [5.74, 6) is 0.461. The van der Waals surface area contributed by atoms with Gasteiger partial charge in [0.1, 0.15) is 0 Å². The van der Waals surface area contributed by atoms with E-state index >= 15 is 0 Å². The van der Waals surface area contributed by atoms with Crippen molar-refractivity contribution in [1.82, 2.24) is 4.90 Å². The molecule has 0 aliphatic carbocycles. The van der Waals surface area contributed by atoms with Gasteiger partial charge in [-0.15, -0.1) is 0 Å². The third-order valence-corrected chi connectivity index (χ3v) is 3.25. The third-order valence-electron chi connectivity index (χ3n) is 3.25. The largest absolute Gasteiger partial charge is 0.466 e. The van der Waals surface area contributed by atoms with Gasteiger partial charge in [0, 0.05) is 18.9 Å².